The van der Waals surface area contributed by atoms with E-state index in [9.17, 15) is 13.6 Å². The number of halogens is 2. The molecule has 0 aliphatic rings. The minimum absolute atomic E-state index is 0.0343. The first-order chi connectivity index (χ1) is 8.97. The van der Waals surface area contributed by atoms with Crippen LogP contribution >= 0.6 is 0 Å². The molecular formula is C13H10F2N2O2. The molecule has 2 rings (SSSR count). The monoisotopic (exact) mass is 264 g/mol. The van der Waals surface area contributed by atoms with Gasteiger partial charge in [-0.05, 0) is 24.3 Å². The fourth-order valence-corrected chi connectivity index (χ4v) is 1.49. The van der Waals surface area contributed by atoms with Crippen molar-refractivity contribution in [2.24, 2.45) is 5.73 Å². The van der Waals surface area contributed by atoms with Crippen molar-refractivity contribution >= 4 is 11.6 Å². The van der Waals surface area contributed by atoms with Gasteiger partial charge in [0.05, 0.1) is 5.56 Å². The van der Waals surface area contributed by atoms with E-state index in [-0.39, 0.29) is 17.1 Å². The molecule has 19 heavy (non-hydrogen) atoms. The van der Waals surface area contributed by atoms with Gasteiger partial charge in [0, 0.05) is 17.8 Å². The molecule has 4 N–H and O–H groups in total. The lowest BCUT2D eigenvalue weighted by atomic mass is 10.1. The number of carbonyl (C=O) groups is 1. The van der Waals surface area contributed by atoms with Crippen LogP contribution in [0.3, 0.4) is 0 Å². The molecule has 0 spiro atoms. The van der Waals surface area contributed by atoms with Gasteiger partial charge in [-0.25, -0.2) is 8.78 Å². The molecule has 0 heterocycles. The maximum atomic E-state index is 13.0. The molecule has 0 aromatic heterocycles. The van der Waals surface area contributed by atoms with Crippen LogP contribution in [-0.4, -0.2) is 5.91 Å². The summed E-state index contributed by atoms with van der Waals surface area (Å²) in [6.07, 6.45) is 0. The summed E-state index contributed by atoms with van der Waals surface area (Å²) in [4.78, 5) is 11.2. The first-order valence-electron chi connectivity index (χ1n) is 5.29. The second kappa shape index (κ2) is 4.93. The van der Waals surface area contributed by atoms with Crippen molar-refractivity contribution in [3.05, 3.63) is 53.6 Å². The number of nitrogen functional groups attached to an aromatic ring is 1. The Labute approximate surface area is 107 Å². The van der Waals surface area contributed by atoms with Crippen LogP contribution in [0.1, 0.15) is 10.4 Å². The first-order valence-corrected chi connectivity index (χ1v) is 5.29. The summed E-state index contributed by atoms with van der Waals surface area (Å²) in [5.74, 6) is -2.64. The molecule has 0 saturated heterocycles. The minimum atomic E-state index is -1.05. The van der Waals surface area contributed by atoms with E-state index in [0.29, 0.717) is 5.69 Å². The van der Waals surface area contributed by atoms with Crippen molar-refractivity contribution in [1.29, 1.82) is 0 Å². The molecule has 2 aromatic carbocycles. The number of hydrogen-bond donors (Lipinski definition) is 2. The zero-order chi connectivity index (χ0) is 14.0. The van der Waals surface area contributed by atoms with Gasteiger partial charge in [-0.3, -0.25) is 4.79 Å². The summed E-state index contributed by atoms with van der Waals surface area (Å²) in [5.41, 5.74) is 11.2. The molecule has 0 saturated carbocycles. The molecular weight excluding hydrogens is 254 g/mol. The summed E-state index contributed by atoms with van der Waals surface area (Å²) in [6, 6.07) is 7.27. The van der Waals surface area contributed by atoms with Crippen molar-refractivity contribution in [2.75, 3.05) is 5.73 Å². The standard InChI is InChI=1S/C13H10F2N2O2/c14-10-4-2-8(6-11(10)15)19-12-5-7(16)1-3-9(12)13(17)18/h1-6H,16H2,(H2,17,18). The van der Waals surface area contributed by atoms with Gasteiger partial charge in [0.25, 0.3) is 5.91 Å². The van der Waals surface area contributed by atoms with E-state index < -0.39 is 17.5 Å². The van der Waals surface area contributed by atoms with Crippen molar-refractivity contribution in [1.82, 2.24) is 0 Å². The quantitative estimate of drug-likeness (QED) is 0.836. The average molecular weight is 264 g/mol. The van der Waals surface area contributed by atoms with Crippen molar-refractivity contribution < 1.29 is 18.3 Å². The number of anilines is 1. The van der Waals surface area contributed by atoms with Gasteiger partial charge in [0.15, 0.2) is 11.6 Å². The van der Waals surface area contributed by atoms with Crippen molar-refractivity contribution in [2.45, 2.75) is 0 Å². The average Bonchev–Trinajstić information content (AvgIpc) is 2.33. The van der Waals surface area contributed by atoms with Gasteiger partial charge in [-0.15, -0.1) is 0 Å². The molecule has 0 aliphatic heterocycles. The Morgan fingerprint density at radius 2 is 1.79 bits per heavy atom. The molecule has 1 amide bonds. The number of benzene rings is 2. The highest BCUT2D eigenvalue weighted by atomic mass is 19.2. The van der Waals surface area contributed by atoms with Crippen LogP contribution in [0.2, 0.25) is 0 Å². The van der Waals surface area contributed by atoms with Crippen LogP contribution in [-0.2, 0) is 0 Å². The van der Waals surface area contributed by atoms with Crippen LogP contribution in [0, 0.1) is 11.6 Å². The van der Waals surface area contributed by atoms with Gasteiger partial charge < -0.3 is 16.2 Å². The maximum Gasteiger partial charge on any atom is 0.252 e. The van der Waals surface area contributed by atoms with Gasteiger partial charge in [0.1, 0.15) is 11.5 Å². The second-order valence-electron chi connectivity index (χ2n) is 3.80. The lowest BCUT2D eigenvalue weighted by Gasteiger charge is -2.10. The zero-order valence-electron chi connectivity index (χ0n) is 9.69. The Morgan fingerprint density at radius 1 is 1.05 bits per heavy atom. The van der Waals surface area contributed by atoms with Gasteiger partial charge in [0.2, 0.25) is 0 Å². The van der Waals surface area contributed by atoms with Crippen LogP contribution in [0.25, 0.3) is 0 Å². The third-order valence-electron chi connectivity index (χ3n) is 2.39. The Bertz CT molecular complexity index is 645. The largest absolute Gasteiger partial charge is 0.456 e. The summed E-state index contributed by atoms with van der Waals surface area (Å²) >= 11 is 0. The van der Waals surface area contributed by atoms with Crippen LogP contribution in [0.4, 0.5) is 14.5 Å². The van der Waals surface area contributed by atoms with Gasteiger partial charge >= 0.3 is 0 Å². The summed E-state index contributed by atoms with van der Waals surface area (Å²) in [5, 5.41) is 0. The summed E-state index contributed by atoms with van der Waals surface area (Å²) in [7, 11) is 0. The highest BCUT2D eigenvalue weighted by molar-refractivity contribution is 5.96. The molecule has 4 nitrogen and oxygen atoms in total. The maximum absolute atomic E-state index is 13.0. The molecule has 0 radical (unpaired) electrons. The molecule has 0 atom stereocenters. The van der Waals surface area contributed by atoms with E-state index in [1.807, 2.05) is 0 Å². The van der Waals surface area contributed by atoms with Crippen LogP contribution < -0.4 is 16.2 Å². The number of nitrogens with two attached hydrogens (primary N) is 2. The SMILES string of the molecule is NC(=O)c1ccc(N)cc1Oc1ccc(F)c(F)c1. The highest BCUT2D eigenvalue weighted by Gasteiger charge is 2.12. The lowest BCUT2D eigenvalue weighted by molar-refractivity contribution is 0.0998. The number of primary amides is 1. The Balaban J connectivity index is 2.39. The molecule has 0 unspecified atom stereocenters. The minimum Gasteiger partial charge on any atom is -0.456 e. The van der Waals surface area contributed by atoms with E-state index in [0.717, 1.165) is 12.1 Å². The van der Waals surface area contributed by atoms with Crippen LogP contribution in [0.15, 0.2) is 36.4 Å². The molecule has 0 aliphatic carbocycles. The van der Waals surface area contributed by atoms with Crippen molar-refractivity contribution in [3.8, 4) is 11.5 Å². The predicted molar refractivity (Wildman–Crippen MR) is 65.8 cm³/mol. The Kier molecular flexibility index (Phi) is 3.33. The molecule has 0 fully saturated rings. The highest BCUT2D eigenvalue weighted by Crippen LogP contribution is 2.28. The molecule has 98 valence electrons. The number of hydrogen-bond acceptors (Lipinski definition) is 3. The van der Waals surface area contributed by atoms with E-state index in [2.05, 4.69) is 0 Å². The van der Waals surface area contributed by atoms with E-state index in [1.54, 1.807) is 0 Å². The number of amides is 1. The smallest absolute Gasteiger partial charge is 0.252 e. The van der Waals surface area contributed by atoms with E-state index in [4.69, 9.17) is 16.2 Å². The topological polar surface area (TPSA) is 78.3 Å². The summed E-state index contributed by atoms with van der Waals surface area (Å²) in [6.45, 7) is 0. The number of carbonyl (C=O) groups excluding carboxylic acids is 1. The third kappa shape index (κ3) is 2.79. The Morgan fingerprint density at radius 3 is 2.42 bits per heavy atom. The number of ether oxygens (including phenoxy) is 1. The lowest BCUT2D eigenvalue weighted by Crippen LogP contribution is -2.12. The predicted octanol–water partition coefficient (Wildman–Crippen LogP) is 2.44. The summed E-state index contributed by atoms with van der Waals surface area (Å²) < 4.78 is 31.1. The zero-order valence-corrected chi connectivity index (χ0v) is 9.69. The number of rotatable bonds is 3. The molecule has 0 bridgehead atoms. The van der Waals surface area contributed by atoms with E-state index >= 15 is 0 Å². The normalized spacial score (nSPS) is 10.2. The second-order valence-corrected chi connectivity index (χ2v) is 3.80. The third-order valence-corrected chi connectivity index (χ3v) is 2.39. The van der Waals surface area contributed by atoms with Crippen LogP contribution in [0.5, 0.6) is 11.5 Å². The van der Waals surface area contributed by atoms with Gasteiger partial charge in [-0.2, -0.15) is 0 Å². The molecule has 6 heteroatoms. The first kappa shape index (κ1) is 12.8. The van der Waals surface area contributed by atoms with Gasteiger partial charge in [-0.1, -0.05) is 0 Å². The molecule has 2 aromatic rings. The fraction of sp³-hybridized carbons (Fsp3) is 0. The Hall–Kier alpha value is -2.63. The fourth-order valence-electron chi connectivity index (χ4n) is 1.49. The van der Waals surface area contributed by atoms with Crippen molar-refractivity contribution in [3.63, 3.8) is 0 Å². The van der Waals surface area contributed by atoms with E-state index in [1.165, 1.54) is 24.3 Å².